The van der Waals surface area contributed by atoms with Crippen molar-refractivity contribution in [3.05, 3.63) is 59.6 Å². The van der Waals surface area contributed by atoms with Crippen LogP contribution in [0.3, 0.4) is 0 Å². The first-order valence-corrected chi connectivity index (χ1v) is 12.0. The van der Waals surface area contributed by atoms with Crippen LogP contribution < -0.4 is 5.32 Å². The summed E-state index contributed by atoms with van der Waals surface area (Å²) in [6.45, 7) is 3.14. The Hall–Kier alpha value is -2.62. The lowest BCUT2D eigenvalue weighted by Gasteiger charge is -2.30. The predicted octanol–water partition coefficient (Wildman–Crippen LogP) is 3.88. The molecule has 0 radical (unpaired) electrons. The number of carbonyl (C=O) groups is 1. The normalized spacial score (nSPS) is 17.6. The summed E-state index contributed by atoms with van der Waals surface area (Å²) < 4.78 is 27.2. The number of aromatic nitrogens is 2. The van der Waals surface area contributed by atoms with E-state index in [4.69, 9.17) is 0 Å². The highest BCUT2D eigenvalue weighted by molar-refractivity contribution is 7.89. The minimum absolute atomic E-state index is 0.208. The fourth-order valence-electron chi connectivity index (χ4n) is 3.42. The number of carbonyl (C=O) groups excluding carboxylic acids is 1. The lowest BCUT2D eigenvalue weighted by molar-refractivity contribution is 0.102. The molecule has 0 spiro atoms. The number of nitrogens with zero attached hydrogens (tertiary/aromatic N) is 3. The summed E-state index contributed by atoms with van der Waals surface area (Å²) in [5, 5.41) is 5.04. The zero-order valence-corrected chi connectivity index (χ0v) is 18.1. The molecule has 1 aliphatic rings. The third-order valence-corrected chi connectivity index (χ3v) is 7.66. The van der Waals surface area contributed by atoms with Gasteiger partial charge >= 0.3 is 0 Å². The van der Waals surface area contributed by atoms with Gasteiger partial charge in [0.15, 0.2) is 5.13 Å². The van der Waals surface area contributed by atoms with Gasteiger partial charge in [-0.3, -0.25) is 15.1 Å². The summed E-state index contributed by atoms with van der Waals surface area (Å²) >= 11 is 1.31. The summed E-state index contributed by atoms with van der Waals surface area (Å²) in [6, 6.07) is 11.6. The molecule has 1 atom stereocenters. The minimum atomic E-state index is -3.54. The molecule has 1 unspecified atom stereocenters. The van der Waals surface area contributed by atoms with Crippen molar-refractivity contribution in [2.24, 2.45) is 5.92 Å². The molecule has 0 aliphatic carbocycles. The van der Waals surface area contributed by atoms with Gasteiger partial charge < -0.3 is 0 Å². The van der Waals surface area contributed by atoms with E-state index in [0.717, 1.165) is 18.5 Å². The van der Waals surface area contributed by atoms with Gasteiger partial charge in [-0.25, -0.2) is 13.4 Å². The molecule has 9 heteroatoms. The standard InChI is InChI=1S/C21H22N4O3S2/c1-15-5-4-12-25(13-15)30(27,28)17-9-7-16(8-10-17)20(26)24-21-23-19(14-29-21)18-6-2-3-11-22-18/h2-3,6-11,14-15H,4-5,12-13H2,1H3,(H,23,24,26). The van der Waals surface area contributed by atoms with Crippen LogP contribution in [0.5, 0.6) is 0 Å². The Labute approximate surface area is 179 Å². The predicted molar refractivity (Wildman–Crippen MR) is 117 cm³/mol. The first kappa shape index (κ1) is 20.6. The van der Waals surface area contributed by atoms with Gasteiger partial charge in [0.05, 0.1) is 10.6 Å². The van der Waals surface area contributed by atoms with E-state index in [1.165, 1.54) is 39.9 Å². The Morgan fingerprint density at radius 3 is 2.67 bits per heavy atom. The molecule has 30 heavy (non-hydrogen) atoms. The highest BCUT2D eigenvalue weighted by atomic mass is 32.2. The molecule has 3 aromatic rings. The van der Waals surface area contributed by atoms with E-state index in [0.29, 0.717) is 35.4 Å². The molecule has 1 fully saturated rings. The molecule has 7 nitrogen and oxygen atoms in total. The number of amides is 1. The molecule has 1 amide bonds. The van der Waals surface area contributed by atoms with Crippen LogP contribution >= 0.6 is 11.3 Å². The van der Waals surface area contributed by atoms with Crippen molar-refractivity contribution >= 4 is 32.4 Å². The maximum atomic E-state index is 12.9. The second kappa shape index (κ2) is 8.63. The number of hydrogen-bond donors (Lipinski definition) is 1. The number of rotatable bonds is 5. The van der Waals surface area contributed by atoms with Crippen molar-refractivity contribution in [2.45, 2.75) is 24.7 Å². The third-order valence-electron chi connectivity index (χ3n) is 5.03. The molecule has 1 aromatic carbocycles. The monoisotopic (exact) mass is 442 g/mol. The van der Waals surface area contributed by atoms with Gasteiger partial charge in [-0.2, -0.15) is 4.31 Å². The number of nitrogens with one attached hydrogen (secondary N) is 1. The van der Waals surface area contributed by atoms with E-state index >= 15 is 0 Å². The SMILES string of the molecule is CC1CCCN(S(=O)(=O)c2ccc(C(=O)Nc3nc(-c4ccccn4)cs3)cc2)C1. The van der Waals surface area contributed by atoms with Crippen molar-refractivity contribution in [3.8, 4) is 11.4 Å². The van der Waals surface area contributed by atoms with Gasteiger partial charge in [-0.1, -0.05) is 13.0 Å². The highest BCUT2D eigenvalue weighted by Gasteiger charge is 2.28. The van der Waals surface area contributed by atoms with Gasteiger partial charge in [0.2, 0.25) is 10.0 Å². The smallest absolute Gasteiger partial charge is 0.257 e. The third kappa shape index (κ3) is 4.43. The van der Waals surface area contributed by atoms with Crippen LogP contribution in [0.1, 0.15) is 30.1 Å². The molecule has 0 bridgehead atoms. The van der Waals surface area contributed by atoms with Crippen molar-refractivity contribution < 1.29 is 13.2 Å². The van der Waals surface area contributed by atoms with E-state index in [9.17, 15) is 13.2 Å². The second-order valence-electron chi connectivity index (χ2n) is 7.34. The summed E-state index contributed by atoms with van der Waals surface area (Å²) in [7, 11) is -3.54. The van der Waals surface area contributed by atoms with Crippen molar-refractivity contribution in [2.75, 3.05) is 18.4 Å². The van der Waals surface area contributed by atoms with Gasteiger partial charge in [0.25, 0.3) is 5.91 Å². The highest BCUT2D eigenvalue weighted by Crippen LogP contribution is 2.25. The van der Waals surface area contributed by atoms with E-state index in [-0.39, 0.29) is 10.8 Å². The first-order valence-electron chi connectivity index (χ1n) is 9.72. The molecular formula is C21H22N4O3S2. The maximum Gasteiger partial charge on any atom is 0.257 e. The van der Waals surface area contributed by atoms with Crippen molar-refractivity contribution in [1.29, 1.82) is 0 Å². The Kier molecular flexibility index (Phi) is 5.94. The second-order valence-corrected chi connectivity index (χ2v) is 10.1. The molecule has 156 valence electrons. The van der Waals surface area contributed by atoms with E-state index in [1.807, 2.05) is 23.6 Å². The van der Waals surface area contributed by atoms with Crippen LogP contribution in [0.25, 0.3) is 11.4 Å². The molecular weight excluding hydrogens is 420 g/mol. The first-order chi connectivity index (χ1) is 14.4. The Bertz CT molecular complexity index is 1130. The molecule has 4 rings (SSSR count). The van der Waals surface area contributed by atoms with E-state index in [1.54, 1.807) is 6.20 Å². The lowest BCUT2D eigenvalue weighted by atomic mass is 10.0. The molecule has 1 aliphatic heterocycles. The van der Waals surface area contributed by atoms with Crippen molar-refractivity contribution in [3.63, 3.8) is 0 Å². The summed E-state index contributed by atoms with van der Waals surface area (Å²) in [4.78, 5) is 21.4. The van der Waals surface area contributed by atoms with Crippen LogP contribution in [0.4, 0.5) is 5.13 Å². The van der Waals surface area contributed by atoms with Crippen LogP contribution in [-0.2, 0) is 10.0 Å². The number of thiazole rings is 1. The fraction of sp³-hybridized carbons (Fsp3) is 0.286. The minimum Gasteiger partial charge on any atom is -0.298 e. The average molecular weight is 443 g/mol. The van der Waals surface area contributed by atoms with E-state index in [2.05, 4.69) is 22.2 Å². The number of benzene rings is 1. The van der Waals surface area contributed by atoms with Crippen LogP contribution in [-0.4, -0.2) is 41.7 Å². The Morgan fingerprint density at radius 1 is 1.17 bits per heavy atom. The maximum absolute atomic E-state index is 12.9. The van der Waals surface area contributed by atoms with Crippen LogP contribution in [0, 0.1) is 5.92 Å². The topological polar surface area (TPSA) is 92.3 Å². The number of pyridine rings is 1. The number of hydrogen-bond acceptors (Lipinski definition) is 6. The van der Waals surface area contributed by atoms with Gasteiger partial charge in [-0.05, 0) is 55.2 Å². The Balaban J connectivity index is 1.45. The average Bonchev–Trinajstić information content (AvgIpc) is 3.23. The summed E-state index contributed by atoms with van der Waals surface area (Å²) in [5.41, 5.74) is 1.79. The molecule has 2 aromatic heterocycles. The molecule has 1 N–H and O–H groups in total. The van der Waals surface area contributed by atoms with Crippen molar-refractivity contribution in [1.82, 2.24) is 14.3 Å². The largest absolute Gasteiger partial charge is 0.298 e. The molecule has 3 heterocycles. The lowest BCUT2D eigenvalue weighted by Crippen LogP contribution is -2.39. The zero-order valence-electron chi connectivity index (χ0n) is 16.5. The Morgan fingerprint density at radius 2 is 1.97 bits per heavy atom. The fourth-order valence-corrected chi connectivity index (χ4v) is 5.72. The number of piperidine rings is 1. The number of anilines is 1. The van der Waals surface area contributed by atoms with Crippen LogP contribution in [0.15, 0.2) is 58.9 Å². The quantitative estimate of drug-likeness (QED) is 0.647. The van der Waals surface area contributed by atoms with Crippen LogP contribution in [0.2, 0.25) is 0 Å². The summed E-state index contributed by atoms with van der Waals surface area (Å²) in [5.74, 6) is 0.0142. The zero-order chi connectivity index (χ0) is 21.1. The molecule has 1 saturated heterocycles. The van der Waals surface area contributed by atoms with Gasteiger partial charge in [0, 0.05) is 30.2 Å². The van der Waals surface area contributed by atoms with Gasteiger partial charge in [-0.15, -0.1) is 11.3 Å². The molecule has 0 saturated carbocycles. The van der Waals surface area contributed by atoms with Gasteiger partial charge in [0.1, 0.15) is 5.69 Å². The van der Waals surface area contributed by atoms with E-state index < -0.39 is 10.0 Å². The number of sulfonamides is 1. The summed E-state index contributed by atoms with van der Waals surface area (Å²) in [6.07, 6.45) is 3.60.